The lowest BCUT2D eigenvalue weighted by Gasteiger charge is -2.34. The number of nitrogens with zero attached hydrogens (tertiary/aromatic N) is 2. The van der Waals surface area contributed by atoms with Crippen LogP contribution < -0.4 is 19.1 Å². The number of ether oxygens (including phenoxy) is 2. The number of rotatable bonds is 14. The van der Waals surface area contributed by atoms with Gasteiger partial charge < -0.3 is 19.7 Å². The first kappa shape index (κ1) is 34.0. The molecule has 0 unspecified atom stereocenters. The third kappa shape index (κ3) is 8.34. The number of methoxy groups -OCH3 is 2. The third-order valence-electron chi connectivity index (χ3n) is 7.00. The van der Waals surface area contributed by atoms with Crippen molar-refractivity contribution in [2.24, 2.45) is 0 Å². The summed E-state index contributed by atoms with van der Waals surface area (Å²) < 4.78 is 39.9. The average Bonchev–Trinajstić information content (AvgIpc) is 3.01. The monoisotopic (exact) mass is 649 g/mol. The minimum atomic E-state index is -4.29. The molecule has 3 aromatic rings. The zero-order valence-electron chi connectivity index (χ0n) is 24.8. The van der Waals surface area contributed by atoms with E-state index in [1.807, 2.05) is 13.8 Å². The maximum atomic E-state index is 14.2. The van der Waals surface area contributed by atoms with E-state index in [2.05, 4.69) is 5.32 Å². The number of hydrogen-bond donors (Lipinski definition) is 1. The van der Waals surface area contributed by atoms with Crippen LogP contribution in [0.2, 0.25) is 10.0 Å². The number of nitrogens with one attached hydrogen (secondary N) is 1. The molecule has 0 aliphatic carbocycles. The van der Waals surface area contributed by atoms with Gasteiger partial charge in [0.15, 0.2) is 0 Å². The van der Waals surface area contributed by atoms with E-state index >= 15 is 0 Å². The summed E-state index contributed by atoms with van der Waals surface area (Å²) in [6.07, 6.45) is 0.986. The Hall–Kier alpha value is -3.47. The van der Waals surface area contributed by atoms with Gasteiger partial charge in [0.1, 0.15) is 24.1 Å². The minimum Gasteiger partial charge on any atom is -0.497 e. The van der Waals surface area contributed by atoms with Crippen molar-refractivity contribution in [1.29, 1.82) is 0 Å². The van der Waals surface area contributed by atoms with Crippen molar-refractivity contribution in [1.82, 2.24) is 10.2 Å². The molecular weight excluding hydrogens is 613 g/mol. The second-order valence-electron chi connectivity index (χ2n) is 9.87. The minimum absolute atomic E-state index is 0.00942. The molecule has 12 heteroatoms. The second-order valence-corrected chi connectivity index (χ2v) is 12.5. The van der Waals surface area contributed by atoms with E-state index in [0.29, 0.717) is 27.8 Å². The number of sulfonamides is 1. The van der Waals surface area contributed by atoms with Crippen LogP contribution in [0, 0.1) is 0 Å². The van der Waals surface area contributed by atoms with Gasteiger partial charge in [-0.1, -0.05) is 55.2 Å². The summed E-state index contributed by atoms with van der Waals surface area (Å²) in [6, 6.07) is 16.3. The quantitative estimate of drug-likeness (QED) is 0.232. The summed E-state index contributed by atoms with van der Waals surface area (Å²) in [4.78, 5) is 29.0. The molecule has 0 aliphatic rings. The molecule has 9 nitrogen and oxygen atoms in total. The molecule has 0 radical (unpaired) electrons. The smallest absolute Gasteiger partial charge is 0.264 e. The Balaban J connectivity index is 2.11. The topological polar surface area (TPSA) is 105 Å². The molecular formula is C31H37Cl2N3O6S. The number of carbonyl (C=O) groups excluding carboxylic acids is 2. The Kier molecular flexibility index (Phi) is 12.1. The fraction of sp³-hybridized carbons (Fsp3) is 0.355. The maximum Gasteiger partial charge on any atom is 0.264 e. The summed E-state index contributed by atoms with van der Waals surface area (Å²) in [5.74, 6) is -0.206. The molecule has 3 aromatic carbocycles. The molecule has 0 bridgehead atoms. The summed E-state index contributed by atoms with van der Waals surface area (Å²) >= 11 is 12.4. The number of benzene rings is 3. The van der Waals surface area contributed by atoms with Crippen LogP contribution in [0.15, 0.2) is 71.6 Å². The molecule has 0 spiro atoms. The Morgan fingerprint density at radius 3 is 2.16 bits per heavy atom. The van der Waals surface area contributed by atoms with Crippen molar-refractivity contribution in [2.75, 3.05) is 25.1 Å². The SMILES string of the molecule is CC[C@H](C)NC(=O)[C@H](CC)N(Cc1ccc(Cl)c(Cl)c1)C(=O)CN(c1ccccc1OC)S(=O)(=O)c1ccc(OC)cc1. The molecule has 2 atom stereocenters. The number of para-hydroxylation sites is 2. The van der Waals surface area contributed by atoms with Crippen LogP contribution in [0.25, 0.3) is 0 Å². The highest BCUT2D eigenvalue weighted by molar-refractivity contribution is 7.92. The molecule has 3 rings (SSSR count). The molecule has 232 valence electrons. The van der Waals surface area contributed by atoms with Gasteiger partial charge >= 0.3 is 0 Å². The van der Waals surface area contributed by atoms with Crippen molar-refractivity contribution >= 4 is 50.7 Å². The van der Waals surface area contributed by atoms with E-state index in [-0.39, 0.29) is 41.2 Å². The van der Waals surface area contributed by atoms with Crippen LogP contribution in [0.4, 0.5) is 5.69 Å². The predicted octanol–water partition coefficient (Wildman–Crippen LogP) is 5.93. The lowest BCUT2D eigenvalue weighted by atomic mass is 10.1. The van der Waals surface area contributed by atoms with Crippen molar-refractivity contribution in [2.45, 2.75) is 57.1 Å². The molecule has 43 heavy (non-hydrogen) atoms. The summed E-state index contributed by atoms with van der Waals surface area (Å²) in [6.45, 7) is 5.00. The van der Waals surface area contributed by atoms with E-state index in [4.69, 9.17) is 32.7 Å². The van der Waals surface area contributed by atoms with Gasteiger partial charge in [-0.25, -0.2) is 8.42 Å². The molecule has 0 saturated heterocycles. The van der Waals surface area contributed by atoms with Crippen LogP contribution in [-0.4, -0.2) is 58.0 Å². The first-order valence-corrected chi connectivity index (χ1v) is 16.0. The van der Waals surface area contributed by atoms with Crippen LogP contribution in [-0.2, 0) is 26.2 Å². The van der Waals surface area contributed by atoms with Crippen molar-refractivity contribution in [3.8, 4) is 11.5 Å². The van der Waals surface area contributed by atoms with Crippen LogP contribution in [0.3, 0.4) is 0 Å². The average molecular weight is 651 g/mol. The first-order valence-electron chi connectivity index (χ1n) is 13.8. The van der Waals surface area contributed by atoms with E-state index in [9.17, 15) is 18.0 Å². The first-order chi connectivity index (χ1) is 20.5. The molecule has 0 saturated carbocycles. The number of carbonyl (C=O) groups is 2. The van der Waals surface area contributed by atoms with Gasteiger partial charge in [0.05, 0.1) is 34.8 Å². The highest BCUT2D eigenvalue weighted by Crippen LogP contribution is 2.33. The van der Waals surface area contributed by atoms with Gasteiger partial charge in [0.25, 0.3) is 10.0 Å². The largest absolute Gasteiger partial charge is 0.497 e. The third-order valence-corrected chi connectivity index (χ3v) is 9.52. The normalized spacial score (nSPS) is 12.6. The molecule has 2 amide bonds. The van der Waals surface area contributed by atoms with E-state index < -0.39 is 28.5 Å². The van der Waals surface area contributed by atoms with Crippen molar-refractivity contribution < 1.29 is 27.5 Å². The van der Waals surface area contributed by atoms with Gasteiger partial charge in [0.2, 0.25) is 11.8 Å². The summed E-state index contributed by atoms with van der Waals surface area (Å²) in [7, 11) is -1.39. The highest BCUT2D eigenvalue weighted by atomic mass is 35.5. The predicted molar refractivity (Wildman–Crippen MR) is 170 cm³/mol. The van der Waals surface area contributed by atoms with Gasteiger partial charge in [-0.05, 0) is 73.9 Å². The number of hydrogen-bond acceptors (Lipinski definition) is 6. The Bertz CT molecular complexity index is 1520. The van der Waals surface area contributed by atoms with Crippen LogP contribution in [0.1, 0.15) is 39.2 Å². The molecule has 0 aromatic heterocycles. The fourth-order valence-corrected chi connectivity index (χ4v) is 6.16. The van der Waals surface area contributed by atoms with E-state index in [0.717, 1.165) is 4.31 Å². The Morgan fingerprint density at radius 2 is 1.58 bits per heavy atom. The highest BCUT2D eigenvalue weighted by Gasteiger charge is 2.35. The number of halogens is 2. The van der Waals surface area contributed by atoms with Gasteiger partial charge in [0, 0.05) is 12.6 Å². The molecule has 0 heterocycles. The Labute approximate surface area is 263 Å². The van der Waals surface area contributed by atoms with Gasteiger partial charge in [-0.3, -0.25) is 13.9 Å². The molecule has 0 fully saturated rings. The zero-order chi connectivity index (χ0) is 31.7. The molecule has 1 N–H and O–H groups in total. The van der Waals surface area contributed by atoms with Crippen molar-refractivity contribution in [3.05, 3.63) is 82.3 Å². The van der Waals surface area contributed by atoms with Gasteiger partial charge in [-0.15, -0.1) is 0 Å². The lowest BCUT2D eigenvalue weighted by Crippen LogP contribution is -2.53. The summed E-state index contributed by atoms with van der Waals surface area (Å²) in [5, 5.41) is 3.59. The molecule has 0 aliphatic heterocycles. The maximum absolute atomic E-state index is 14.2. The Morgan fingerprint density at radius 1 is 0.907 bits per heavy atom. The standard InChI is InChI=1S/C31H37Cl2N3O6S/c1-6-21(3)34-31(38)27(7-2)35(19-22-12-17-25(32)26(33)18-22)30(37)20-36(28-10-8-9-11-29(28)42-5)43(39,40)24-15-13-23(41-4)14-16-24/h8-18,21,27H,6-7,19-20H2,1-5H3,(H,34,38)/t21-,27-/m0/s1. The zero-order valence-corrected chi connectivity index (χ0v) is 27.2. The van der Waals surface area contributed by atoms with Gasteiger partial charge in [-0.2, -0.15) is 0 Å². The van der Waals surface area contributed by atoms with E-state index in [1.54, 1.807) is 49.4 Å². The fourth-order valence-electron chi connectivity index (χ4n) is 4.42. The van der Waals surface area contributed by atoms with Crippen molar-refractivity contribution in [3.63, 3.8) is 0 Å². The number of amides is 2. The van der Waals surface area contributed by atoms with Crippen LogP contribution in [0.5, 0.6) is 11.5 Å². The summed E-state index contributed by atoms with van der Waals surface area (Å²) in [5.41, 5.74) is 0.792. The van der Waals surface area contributed by atoms with Crippen LogP contribution >= 0.6 is 23.2 Å². The second kappa shape index (κ2) is 15.3. The lowest BCUT2D eigenvalue weighted by molar-refractivity contribution is -0.140. The number of anilines is 1. The van der Waals surface area contributed by atoms with E-state index in [1.165, 1.54) is 43.4 Å².